The Hall–Kier alpha value is -1.04. The number of fused-ring (bicyclic) bond motifs is 1. The maximum Gasteiger partial charge on any atom is 0.124 e. The Morgan fingerprint density at radius 1 is 1.33 bits per heavy atom. The Kier molecular flexibility index (Phi) is 5.52. The van der Waals surface area contributed by atoms with Gasteiger partial charge < -0.3 is 10.0 Å². The molecule has 1 aliphatic rings. The molecule has 132 valence electrons. The van der Waals surface area contributed by atoms with Crippen molar-refractivity contribution in [1.82, 2.24) is 9.27 Å². The van der Waals surface area contributed by atoms with Crippen LogP contribution in [0.2, 0.25) is 0 Å². The molecule has 1 fully saturated rings. The number of likely N-dealkylation sites (tertiary alicyclic amines) is 1. The van der Waals surface area contributed by atoms with E-state index >= 15 is 0 Å². The Morgan fingerprint density at radius 3 is 2.79 bits per heavy atom. The monoisotopic (exact) mass is 350 g/mol. The summed E-state index contributed by atoms with van der Waals surface area (Å²) in [5.74, 6) is -0.298. The van der Waals surface area contributed by atoms with E-state index in [0.29, 0.717) is 6.42 Å². The van der Waals surface area contributed by atoms with Crippen LogP contribution in [0.5, 0.6) is 0 Å². The highest BCUT2D eigenvalue weighted by Crippen LogP contribution is 2.38. The van der Waals surface area contributed by atoms with E-state index in [-0.39, 0.29) is 11.7 Å². The fraction of sp³-hybridized carbons (Fsp3) is 0.632. The number of benzene rings is 1. The van der Waals surface area contributed by atoms with Crippen LogP contribution in [-0.4, -0.2) is 39.6 Å². The third-order valence-electron chi connectivity index (χ3n) is 5.60. The zero-order chi connectivity index (χ0) is 17.2. The van der Waals surface area contributed by atoms with Crippen molar-refractivity contribution in [1.29, 1.82) is 0 Å². The van der Waals surface area contributed by atoms with Crippen molar-refractivity contribution in [3.05, 3.63) is 29.7 Å². The van der Waals surface area contributed by atoms with Crippen molar-refractivity contribution in [2.45, 2.75) is 57.5 Å². The van der Waals surface area contributed by atoms with E-state index < -0.39 is 5.60 Å². The van der Waals surface area contributed by atoms with Crippen LogP contribution in [-0.2, 0) is 0 Å². The van der Waals surface area contributed by atoms with E-state index in [9.17, 15) is 9.50 Å². The predicted molar refractivity (Wildman–Crippen MR) is 98.1 cm³/mol. The summed E-state index contributed by atoms with van der Waals surface area (Å²) in [6.07, 6.45) is 5.31. The summed E-state index contributed by atoms with van der Waals surface area (Å²) < 4.78 is 18.8. The first kappa shape index (κ1) is 17.8. The van der Waals surface area contributed by atoms with Gasteiger partial charge in [0, 0.05) is 17.8 Å². The van der Waals surface area contributed by atoms with Gasteiger partial charge in [-0.1, -0.05) is 20.3 Å². The van der Waals surface area contributed by atoms with Gasteiger partial charge in [-0.3, -0.25) is 0 Å². The molecule has 0 bridgehead atoms. The number of hydrogen-bond acceptors (Lipinski definition) is 4. The molecule has 1 aliphatic heterocycles. The minimum absolute atomic E-state index is 0.0634. The van der Waals surface area contributed by atoms with Crippen LogP contribution in [0, 0.1) is 5.82 Å². The second-order valence-corrected chi connectivity index (χ2v) is 7.84. The molecule has 2 heterocycles. The molecule has 24 heavy (non-hydrogen) atoms. The second-order valence-electron chi connectivity index (χ2n) is 7.04. The van der Waals surface area contributed by atoms with E-state index in [1.165, 1.54) is 42.9 Å². The van der Waals surface area contributed by atoms with Crippen molar-refractivity contribution in [2.24, 2.45) is 0 Å². The van der Waals surface area contributed by atoms with Gasteiger partial charge in [0.05, 0.1) is 16.0 Å². The van der Waals surface area contributed by atoms with Crippen LogP contribution in [0.3, 0.4) is 0 Å². The summed E-state index contributed by atoms with van der Waals surface area (Å²) >= 11 is 1.32. The van der Waals surface area contributed by atoms with Gasteiger partial charge >= 0.3 is 0 Å². The average molecular weight is 351 g/mol. The largest absolute Gasteiger partial charge is 0.389 e. The normalized spacial score (nSPS) is 20.2. The smallest absolute Gasteiger partial charge is 0.124 e. The lowest BCUT2D eigenvalue weighted by molar-refractivity contribution is -0.00542. The van der Waals surface area contributed by atoms with E-state index in [0.717, 1.165) is 41.8 Å². The fourth-order valence-electron chi connectivity index (χ4n) is 3.73. The topological polar surface area (TPSA) is 36.4 Å². The molecule has 2 atom stereocenters. The molecule has 3 nitrogen and oxygen atoms in total. The van der Waals surface area contributed by atoms with Gasteiger partial charge in [0.15, 0.2) is 0 Å². The number of aromatic nitrogens is 1. The Bertz CT molecular complexity index is 683. The van der Waals surface area contributed by atoms with Crippen LogP contribution in [0.15, 0.2) is 18.2 Å². The zero-order valence-corrected chi connectivity index (χ0v) is 15.4. The maximum atomic E-state index is 13.4. The van der Waals surface area contributed by atoms with Crippen molar-refractivity contribution in [3.8, 4) is 0 Å². The first-order valence-corrected chi connectivity index (χ1v) is 9.80. The summed E-state index contributed by atoms with van der Waals surface area (Å²) in [7, 11) is 0. The summed E-state index contributed by atoms with van der Waals surface area (Å²) in [5.41, 5.74) is 0.130. The zero-order valence-electron chi connectivity index (χ0n) is 14.6. The number of hydrogen-bond donors (Lipinski definition) is 1. The highest BCUT2D eigenvalue weighted by molar-refractivity contribution is 7.13. The summed E-state index contributed by atoms with van der Waals surface area (Å²) in [5, 5.41) is 12.2. The van der Waals surface area contributed by atoms with Crippen molar-refractivity contribution >= 4 is 21.6 Å². The molecule has 1 aromatic carbocycles. The highest BCUT2D eigenvalue weighted by Gasteiger charge is 2.35. The fourth-order valence-corrected chi connectivity index (χ4v) is 4.62. The number of piperidine rings is 1. The van der Waals surface area contributed by atoms with E-state index in [2.05, 4.69) is 16.2 Å². The van der Waals surface area contributed by atoms with Crippen LogP contribution < -0.4 is 0 Å². The molecule has 3 rings (SSSR count). The molecule has 0 saturated carbocycles. The molecule has 5 heteroatoms. The minimum Gasteiger partial charge on any atom is -0.389 e. The summed E-state index contributed by atoms with van der Waals surface area (Å²) in [4.78, 5) is 2.46. The van der Waals surface area contributed by atoms with E-state index in [1.807, 2.05) is 6.92 Å². The Morgan fingerprint density at radius 2 is 2.08 bits per heavy atom. The van der Waals surface area contributed by atoms with Gasteiger partial charge in [0.2, 0.25) is 0 Å². The molecule has 0 radical (unpaired) electrons. The standard InChI is InChI=1S/C19H27FN2OS/c1-3-19(23,9-12-22-10-5-4-6-11-22)14(2)18-16-8-7-15(20)13-17(16)24-21-18/h7-8,13-14,23H,3-6,9-12H2,1-2H3. The Labute approximate surface area is 147 Å². The van der Waals surface area contributed by atoms with Gasteiger partial charge in [0.25, 0.3) is 0 Å². The lowest BCUT2D eigenvalue weighted by atomic mass is 9.80. The summed E-state index contributed by atoms with van der Waals surface area (Å²) in [6, 6.07) is 4.80. The van der Waals surface area contributed by atoms with E-state index in [1.54, 1.807) is 6.07 Å². The average Bonchev–Trinajstić information content (AvgIpc) is 3.02. The first-order valence-electron chi connectivity index (χ1n) is 9.03. The number of halogens is 1. The van der Waals surface area contributed by atoms with Crippen LogP contribution in [0.4, 0.5) is 4.39 Å². The van der Waals surface area contributed by atoms with Crippen LogP contribution in [0.1, 0.15) is 57.6 Å². The molecule has 1 N–H and O–H groups in total. The molecule has 0 spiro atoms. The van der Waals surface area contributed by atoms with Gasteiger partial charge in [-0.05, 0) is 68.5 Å². The lowest BCUT2D eigenvalue weighted by Crippen LogP contribution is -2.40. The number of aliphatic hydroxyl groups is 1. The molecule has 2 unspecified atom stereocenters. The van der Waals surface area contributed by atoms with Crippen molar-refractivity contribution < 1.29 is 9.50 Å². The quantitative estimate of drug-likeness (QED) is 0.830. The minimum atomic E-state index is -0.771. The summed E-state index contributed by atoms with van der Waals surface area (Å²) in [6.45, 7) is 7.32. The van der Waals surface area contributed by atoms with E-state index in [4.69, 9.17) is 0 Å². The van der Waals surface area contributed by atoms with Crippen LogP contribution >= 0.6 is 11.5 Å². The van der Waals surface area contributed by atoms with Gasteiger partial charge in [-0.2, -0.15) is 4.37 Å². The third-order valence-corrected chi connectivity index (χ3v) is 6.42. The molecule has 1 saturated heterocycles. The second kappa shape index (κ2) is 7.46. The maximum absolute atomic E-state index is 13.4. The van der Waals surface area contributed by atoms with Gasteiger partial charge in [-0.25, -0.2) is 4.39 Å². The number of rotatable bonds is 6. The SMILES string of the molecule is CCC(O)(CCN1CCCCC1)C(C)c1nsc2cc(F)ccc12. The van der Waals surface area contributed by atoms with Crippen molar-refractivity contribution in [2.75, 3.05) is 19.6 Å². The molecule has 0 aliphatic carbocycles. The predicted octanol–water partition coefficient (Wildman–Crippen LogP) is 4.56. The first-order chi connectivity index (χ1) is 11.5. The van der Waals surface area contributed by atoms with Gasteiger partial charge in [-0.15, -0.1) is 0 Å². The Balaban J connectivity index is 1.77. The third kappa shape index (κ3) is 3.63. The molecular formula is C19H27FN2OS. The molecular weight excluding hydrogens is 323 g/mol. The lowest BCUT2D eigenvalue weighted by Gasteiger charge is -2.36. The molecule has 1 aromatic heterocycles. The molecule has 2 aromatic rings. The number of nitrogens with zero attached hydrogens (tertiary/aromatic N) is 2. The van der Waals surface area contributed by atoms with Crippen molar-refractivity contribution in [3.63, 3.8) is 0 Å². The van der Waals surface area contributed by atoms with Crippen LogP contribution in [0.25, 0.3) is 10.1 Å². The molecule has 0 amide bonds. The van der Waals surface area contributed by atoms with Gasteiger partial charge in [0.1, 0.15) is 5.82 Å². The highest BCUT2D eigenvalue weighted by atomic mass is 32.1.